The predicted octanol–water partition coefficient (Wildman–Crippen LogP) is 0.153. The Morgan fingerprint density at radius 2 is 2.00 bits per heavy atom. The number of ether oxygens (including phenoxy) is 1. The molecule has 6 heteroatoms. The molecular formula is C13H26N4O2. The van der Waals surface area contributed by atoms with Crippen LogP contribution in [0.25, 0.3) is 0 Å². The van der Waals surface area contributed by atoms with Gasteiger partial charge in [0.25, 0.3) is 0 Å². The zero-order valence-corrected chi connectivity index (χ0v) is 12.3. The highest BCUT2D eigenvalue weighted by Crippen LogP contribution is 2.08. The lowest BCUT2D eigenvalue weighted by Crippen LogP contribution is -2.45. The lowest BCUT2D eigenvalue weighted by Gasteiger charge is -2.30. The van der Waals surface area contributed by atoms with Crippen LogP contribution in [0.1, 0.15) is 19.3 Å². The number of aliphatic imine (C=N–C) groups is 1. The van der Waals surface area contributed by atoms with Gasteiger partial charge in [-0.3, -0.25) is 4.79 Å². The monoisotopic (exact) mass is 270 g/mol. The summed E-state index contributed by atoms with van der Waals surface area (Å²) in [4.78, 5) is 19.8. The molecule has 0 atom stereocenters. The van der Waals surface area contributed by atoms with Crippen molar-refractivity contribution in [2.45, 2.75) is 19.3 Å². The number of carbonyl (C=O) groups excluding carboxylic acids is 1. The van der Waals surface area contributed by atoms with Crippen molar-refractivity contribution in [3.05, 3.63) is 0 Å². The van der Waals surface area contributed by atoms with Gasteiger partial charge in [0.05, 0.1) is 6.61 Å². The Labute approximate surface area is 115 Å². The van der Waals surface area contributed by atoms with Gasteiger partial charge in [0, 0.05) is 40.8 Å². The maximum atomic E-state index is 11.6. The van der Waals surface area contributed by atoms with Gasteiger partial charge in [0.2, 0.25) is 5.91 Å². The van der Waals surface area contributed by atoms with Gasteiger partial charge in [0.15, 0.2) is 5.96 Å². The maximum absolute atomic E-state index is 11.6. The van der Waals surface area contributed by atoms with Crippen LogP contribution >= 0.6 is 0 Å². The van der Waals surface area contributed by atoms with E-state index in [-0.39, 0.29) is 12.5 Å². The molecule has 1 heterocycles. The van der Waals surface area contributed by atoms with Crippen LogP contribution in [0.15, 0.2) is 4.99 Å². The first kappa shape index (κ1) is 15.8. The normalized spacial score (nSPS) is 16.4. The quantitative estimate of drug-likeness (QED) is 0.439. The van der Waals surface area contributed by atoms with Crippen LogP contribution in [0.2, 0.25) is 0 Å². The van der Waals surface area contributed by atoms with Crippen LogP contribution in [-0.4, -0.2) is 75.7 Å². The molecule has 6 nitrogen and oxygen atoms in total. The van der Waals surface area contributed by atoms with Crippen molar-refractivity contribution in [3.8, 4) is 0 Å². The third-order valence-electron chi connectivity index (χ3n) is 3.11. The minimum atomic E-state index is 0.0167. The third kappa shape index (κ3) is 5.92. The number of piperidine rings is 1. The van der Waals surface area contributed by atoms with E-state index in [1.165, 1.54) is 19.3 Å². The number of amides is 1. The average Bonchev–Trinajstić information content (AvgIpc) is 2.43. The van der Waals surface area contributed by atoms with Crippen molar-refractivity contribution in [1.82, 2.24) is 15.1 Å². The predicted molar refractivity (Wildman–Crippen MR) is 76.3 cm³/mol. The number of hydrogen-bond acceptors (Lipinski definition) is 3. The highest BCUT2D eigenvalue weighted by molar-refractivity contribution is 5.84. The topological polar surface area (TPSA) is 57.2 Å². The van der Waals surface area contributed by atoms with E-state index in [2.05, 4.69) is 15.2 Å². The molecule has 1 N–H and O–H groups in total. The molecule has 0 saturated carbocycles. The molecule has 0 bridgehead atoms. The van der Waals surface area contributed by atoms with Crippen LogP contribution in [0.5, 0.6) is 0 Å². The molecule has 0 aromatic carbocycles. The molecule has 0 unspecified atom stereocenters. The van der Waals surface area contributed by atoms with E-state index < -0.39 is 0 Å². The summed E-state index contributed by atoms with van der Waals surface area (Å²) in [6, 6.07) is 0. The first-order chi connectivity index (χ1) is 9.15. The van der Waals surface area contributed by atoms with Gasteiger partial charge < -0.3 is 19.9 Å². The van der Waals surface area contributed by atoms with Crippen LogP contribution in [0.4, 0.5) is 0 Å². The second kappa shape index (κ2) is 8.74. The minimum absolute atomic E-state index is 0.0167. The molecule has 1 fully saturated rings. The summed E-state index contributed by atoms with van der Waals surface area (Å²) in [5, 5.41) is 3.26. The van der Waals surface area contributed by atoms with Gasteiger partial charge in [-0.05, 0) is 19.3 Å². The molecule has 1 amide bonds. The molecule has 0 aliphatic carbocycles. The lowest BCUT2D eigenvalue weighted by molar-refractivity contribution is -0.127. The first-order valence-corrected chi connectivity index (χ1v) is 6.87. The van der Waals surface area contributed by atoms with Gasteiger partial charge in [-0.25, -0.2) is 4.99 Å². The number of rotatable bonds is 5. The number of likely N-dealkylation sites (tertiary alicyclic amines) is 1. The summed E-state index contributed by atoms with van der Waals surface area (Å²) < 4.78 is 5.03. The van der Waals surface area contributed by atoms with Crippen molar-refractivity contribution in [3.63, 3.8) is 0 Å². The zero-order chi connectivity index (χ0) is 14.1. The Morgan fingerprint density at radius 1 is 1.32 bits per heavy atom. The van der Waals surface area contributed by atoms with Crippen molar-refractivity contribution >= 4 is 11.9 Å². The molecular weight excluding hydrogens is 244 g/mol. The summed E-state index contributed by atoms with van der Waals surface area (Å²) in [6.45, 7) is 3.55. The maximum Gasteiger partial charge on any atom is 0.243 e. The molecule has 110 valence electrons. The van der Waals surface area contributed by atoms with E-state index in [4.69, 9.17) is 4.74 Å². The van der Waals surface area contributed by atoms with Crippen molar-refractivity contribution in [1.29, 1.82) is 0 Å². The summed E-state index contributed by atoms with van der Waals surface area (Å²) in [5.41, 5.74) is 0. The number of nitrogens with one attached hydrogen (secondary N) is 1. The van der Waals surface area contributed by atoms with E-state index in [0.29, 0.717) is 13.2 Å². The Balaban J connectivity index is 2.56. The highest BCUT2D eigenvalue weighted by atomic mass is 16.5. The van der Waals surface area contributed by atoms with Gasteiger partial charge in [-0.15, -0.1) is 0 Å². The second-order valence-corrected chi connectivity index (χ2v) is 4.90. The molecule has 0 spiro atoms. The number of carbonyl (C=O) groups is 1. The highest BCUT2D eigenvalue weighted by Gasteiger charge is 2.15. The number of nitrogens with zero attached hydrogens (tertiary/aromatic N) is 3. The molecule has 1 saturated heterocycles. The Morgan fingerprint density at radius 3 is 2.58 bits per heavy atom. The molecule has 1 aliphatic heterocycles. The van der Waals surface area contributed by atoms with Crippen molar-refractivity contribution < 1.29 is 9.53 Å². The smallest absolute Gasteiger partial charge is 0.243 e. The van der Waals surface area contributed by atoms with E-state index in [9.17, 15) is 4.79 Å². The SMILES string of the molecule is COCCNC(=NCC(=O)N(C)C)N1CCCCC1. The molecule has 1 rings (SSSR count). The van der Waals surface area contributed by atoms with Gasteiger partial charge in [-0.1, -0.05) is 0 Å². The Kier molecular flexibility index (Phi) is 7.25. The average molecular weight is 270 g/mol. The minimum Gasteiger partial charge on any atom is -0.383 e. The van der Waals surface area contributed by atoms with Crippen molar-refractivity contribution in [2.75, 3.05) is 54.0 Å². The fourth-order valence-corrected chi connectivity index (χ4v) is 1.92. The molecule has 0 radical (unpaired) electrons. The third-order valence-corrected chi connectivity index (χ3v) is 3.11. The molecule has 0 aromatic heterocycles. The van der Waals surface area contributed by atoms with Gasteiger partial charge in [0.1, 0.15) is 6.54 Å². The van der Waals surface area contributed by atoms with E-state index in [1.54, 1.807) is 26.1 Å². The Bertz CT molecular complexity index is 299. The number of methoxy groups -OCH3 is 1. The van der Waals surface area contributed by atoms with Crippen LogP contribution in [0.3, 0.4) is 0 Å². The standard InChI is InChI=1S/C13H26N4O2/c1-16(2)12(18)11-15-13(14-7-10-19-3)17-8-5-4-6-9-17/h4-11H2,1-3H3,(H,14,15). The summed E-state index contributed by atoms with van der Waals surface area (Å²) in [7, 11) is 5.17. The number of hydrogen-bond donors (Lipinski definition) is 1. The number of guanidine groups is 1. The summed E-state index contributed by atoms with van der Waals surface area (Å²) >= 11 is 0. The van der Waals surface area contributed by atoms with Crippen molar-refractivity contribution in [2.24, 2.45) is 4.99 Å². The van der Waals surface area contributed by atoms with E-state index in [1.807, 2.05) is 0 Å². The van der Waals surface area contributed by atoms with Crippen LogP contribution in [-0.2, 0) is 9.53 Å². The lowest BCUT2D eigenvalue weighted by atomic mass is 10.1. The molecule has 0 aromatic rings. The van der Waals surface area contributed by atoms with E-state index >= 15 is 0 Å². The number of likely N-dealkylation sites (N-methyl/N-ethyl adjacent to an activating group) is 1. The summed E-state index contributed by atoms with van der Waals surface area (Å²) in [6.07, 6.45) is 3.65. The molecule has 19 heavy (non-hydrogen) atoms. The first-order valence-electron chi connectivity index (χ1n) is 6.87. The van der Waals surface area contributed by atoms with Crippen LogP contribution < -0.4 is 5.32 Å². The Hall–Kier alpha value is -1.30. The van der Waals surface area contributed by atoms with Gasteiger partial charge in [-0.2, -0.15) is 0 Å². The summed E-state index contributed by atoms with van der Waals surface area (Å²) in [5.74, 6) is 0.843. The van der Waals surface area contributed by atoms with Gasteiger partial charge >= 0.3 is 0 Å². The largest absolute Gasteiger partial charge is 0.383 e. The fraction of sp³-hybridized carbons (Fsp3) is 0.846. The second-order valence-electron chi connectivity index (χ2n) is 4.90. The molecule has 1 aliphatic rings. The van der Waals surface area contributed by atoms with E-state index in [0.717, 1.165) is 19.0 Å². The fourth-order valence-electron chi connectivity index (χ4n) is 1.92. The van der Waals surface area contributed by atoms with Crippen LogP contribution in [0, 0.1) is 0 Å². The zero-order valence-electron chi connectivity index (χ0n) is 12.3.